The molecular formula is C14H22N2. The summed E-state index contributed by atoms with van der Waals surface area (Å²) < 4.78 is 0. The van der Waals surface area contributed by atoms with Crippen molar-refractivity contribution in [1.29, 1.82) is 0 Å². The van der Waals surface area contributed by atoms with Crippen LogP contribution in [0.1, 0.15) is 25.3 Å². The fourth-order valence-electron chi connectivity index (χ4n) is 2.29. The van der Waals surface area contributed by atoms with Crippen LogP contribution in [0.2, 0.25) is 0 Å². The van der Waals surface area contributed by atoms with Crippen molar-refractivity contribution < 1.29 is 0 Å². The van der Waals surface area contributed by atoms with Crippen LogP contribution >= 0.6 is 0 Å². The van der Waals surface area contributed by atoms with E-state index in [1.54, 1.807) is 0 Å². The highest BCUT2D eigenvalue weighted by molar-refractivity contribution is 5.53. The quantitative estimate of drug-likeness (QED) is 0.823. The van der Waals surface area contributed by atoms with Crippen LogP contribution in [-0.2, 0) is 0 Å². The van der Waals surface area contributed by atoms with Gasteiger partial charge in [0.1, 0.15) is 0 Å². The first-order valence-corrected chi connectivity index (χ1v) is 6.21. The van der Waals surface area contributed by atoms with E-state index in [1.165, 1.54) is 24.1 Å². The van der Waals surface area contributed by atoms with Gasteiger partial charge in [-0.2, -0.15) is 0 Å². The van der Waals surface area contributed by atoms with E-state index in [1.807, 2.05) is 0 Å². The summed E-state index contributed by atoms with van der Waals surface area (Å²) in [6, 6.07) is 8.61. The number of hydrogen-bond donors (Lipinski definition) is 1. The molecular weight excluding hydrogens is 196 g/mol. The first-order chi connectivity index (χ1) is 7.71. The number of benzene rings is 1. The van der Waals surface area contributed by atoms with Crippen molar-refractivity contribution in [3.63, 3.8) is 0 Å². The number of anilines is 1. The first kappa shape index (κ1) is 11.5. The molecule has 1 aromatic rings. The zero-order valence-corrected chi connectivity index (χ0v) is 10.4. The Bertz CT molecular complexity index is 356. The third-order valence-corrected chi connectivity index (χ3v) is 3.75. The van der Waals surface area contributed by atoms with Crippen LogP contribution in [-0.4, -0.2) is 19.6 Å². The van der Waals surface area contributed by atoms with E-state index in [-0.39, 0.29) is 0 Å². The fourth-order valence-corrected chi connectivity index (χ4v) is 2.29. The Balaban J connectivity index is 2.14. The number of nitrogens with two attached hydrogens (primary N) is 1. The van der Waals surface area contributed by atoms with Gasteiger partial charge >= 0.3 is 0 Å². The Morgan fingerprint density at radius 1 is 1.31 bits per heavy atom. The molecule has 0 bridgehead atoms. The van der Waals surface area contributed by atoms with Crippen molar-refractivity contribution in [1.82, 2.24) is 0 Å². The SMILES string of the molecule is CCN(CC1(CN)CC1)c1ccccc1C. The van der Waals surface area contributed by atoms with Crippen LogP contribution in [0.4, 0.5) is 5.69 Å². The maximum atomic E-state index is 5.86. The van der Waals surface area contributed by atoms with Gasteiger partial charge in [0.25, 0.3) is 0 Å². The number of rotatable bonds is 5. The molecule has 0 spiro atoms. The molecule has 2 rings (SSSR count). The standard InChI is InChI=1S/C14H22N2/c1-3-16(11-14(10-15)8-9-14)13-7-5-4-6-12(13)2/h4-7H,3,8-11,15H2,1-2H3. The molecule has 2 N–H and O–H groups in total. The van der Waals surface area contributed by atoms with Crippen molar-refractivity contribution in [2.75, 3.05) is 24.5 Å². The van der Waals surface area contributed by atoms with Gasteiger partial charge in [-0.15, -0.1) is 0 Å². The normalized spacial score (nSPS) is 17.2. The summed E-state index contributed by atoms with van der Waals surface area (Å²) in [5, 5.41) is 0. The second-order valence-electron chi connectivity index (χ2n) is 5.00. The van der Waals surface area contributed by atoms with Crippen LogP contribution in [0, 0.1) is 12.3 Å². The molecule has 0 aliphatic heterocycles. The lowest BCUT2D eigenvalue weighted by Crippen LogP contribution is -2.34. The average molecular weight is 218 g/mol. The molecule has 1 fully saturated rings. The highest BCUT2D eigenvalue weighted by Crippen LogP contribution is 2.45. The van der Waals surface area contributed by atoms with Crippen molar-refractivity contribution in [3.05, 3.63) is 29.8 Å². The summed E-state index contributed by atoms with van der Waals surface area (Å²) >= 11 is 0. The summed E-state index contributed by atoms with van der Waals surface area (Å²) in [5.74, 6) is 0. The van der Waals surface area contributed by atoms with Crippen molar-refractivity contribution in [2.45, 2.75) is 26.7 Å². The Labute approximate surface area is 98.4 Å². The highest BCUT2D eigenvalue weighted by atomic mass is 15.1. The van der Waals surface area contributed by atoms with E-state index < -0.39 is 0 Å². The van der Waals surface area contributed by atoms with Crippen molar-refractivity contribution in [3.8, 4) is 0 Å². The minimum absolute atomic E-state index is 0.415. The average Bonchev–Trinajstić information content (AvgIpc) is 3.08. The van der Waals surface area contributed by atoms with Gasteiger partial charge in [-0.1, -0.05) is 18.2 Å². The van der Waals surface area contributed by atoms with E-state index in [9.17, 15) is 0 Å². The maximum absolute atomic E-state index is 5.86. The topological polar surface area (TPSA) is 29.3 Å². The summed E-state index contributed by atoms with van der Waals surface area (Å²) in [6.45, 7) is 7.41. The molecule has 1 aromatic carbocycles. The Morgan fingerprint density at radius 2 is 2.00 bits per heavy atom. The molecule has 2 nitrogen and oxygen atoms in total. The van der Waals surface area contributed by atoms with Gasteiger partial charge in [-0.05, 0) is 44.9 Å². The van der Waals surface area contributed by atoms with Gasteiger partial charge < -0.3 is 10.6 Å². The van der Waals surface area contributed by atoms with Crippen LogP contribution in [0.3, 0.4) is 0 Å². The number of nitrogens with zero attached hydrogens (tertiary/aromatic N) is 1. The predicted octanol–water partition coefficient (Wildman–Crippen LogP) is 2.56. The maximum Gasteiger partial charge on any atom is 0.0396 e. The molecule has 1 saturated carbocycles. The third-order valence-electron chi connectivity index (χ3n) is 3.75. The zero-order chi connectivity index (χ0) is 11.6. The van der Waals surface area contributed by atoms with Gasteiger partial charge in [0.05, 0.1) is 0 Å². The number of aryl methyl sites for hydroxylation is 1. The molecule has 2 heteroatoms. The Hall–Kier alpha value is -1.02. The molecule has 16 heavy (non-hydrogen) atoms. The molecule has 0 heterocycles. The van der Waals surface area contributed by atoms with Crippen LogP contribution in [0.25, 0.3) is 0 Å². The summed E-state index contributed by atoms with van der Waals surface area (Å²) in [6.07, 6.45) is 2.60. The fraction of sp³-hybridized carbons (Fsp3) is 0.571. The molecule has 88 valence electrons. The Kier molecular flexibility index (Phi) is 3.20. The predicted molar refractivity (Wildman–Crippen MR) is 69.8 cm³/mol. The van der Waals surface area contributed by atoms with Crippen LogP contribution < -0.4 is 10.6 Å². The molecule has 0 saturated heterocycles. The van der Waals surface area contributed by atoms with Gasteiger partial charge in [-0.3, -0.25) is 0 Å². The summed E-state index contributed by atoms with van der Waals surface area (Å²) in [4.78, 5) is 2.47. The smallest absolute Gasteiger partial charge is 0.0396 e. The first-order valence-electron chi connectivity index (χ1n) is 6.21. The molecule has 1 aliphatic rings. The molecule has 1 aliphatic carbocycles. The molecule has 0 aromatic heterocycles. The number of hydrogen-bond acceptors (Lipinski definition) is 2. The Morgan fingerprint density at radius 3 is 2.50 bits per heavy atom. The van der Waals surface area contributed by atoms with E-state index in [0.29, 0.717) is 5.41 Å². The van der Waals surface area contributed by atoms with Crippen molar-refractivity contribution >= 4 is 5.69 Å². The minimum Gasteiger partial charge on any atom is -0.371 e. The minimum atomic E-state index is 0.415. The largest absolute Gasteiger partial charge is 0.371 e. The molecule has 0 radical (unpaired) electrons. The van der Waals surface area contributed by atoms with Gasteiger partial charge in [0.2, 0.25) is 0 Å². The van der Waals surface area contributed by atoms with Crippen molar-refractivity contribution in [2.24, 2.45) is 11.1 Å². The molecule has 0 amide bonds. The lowest BCUT2D eigenvalue weighted by Gasteiger charge is -2.29. The van der Waals surface area contributed by atoms with E-state index in [0.717, 1.165) is 19.6 Å². The lowest BCUT2D eigenvalue weighted by molar-refractivity contribution is 0.512. The van der Waals surface area contributed by atoms with Gasteiger partial charge in [0.15, 0.2) is 0 Å². The van der Waals surface area contributed by atoms with E-state index in [2.05, 4.69) is 43.0 Å². The lowest BCUT2D eigenvalue weighted by atomic mass is 10.1. The monoisotopic (exact) mass is 218 g/mol. The molecule has 0 unspecified atom stereocenters. The van der Waals surface area contributed by atoms with E-state index >= 15 is 0 Å². The summed E-state index contributed by atoms with van der Waals surface area (Å²) in [5.41, 5.74) is 9.00. The zero-order valence-electron chi connectivity index (χ0n) is 10.4. The summed E-state index contributed by atoms with van der Waals surface area (Å²) in [7, 11) is 0. The highest BCUT2D eigenvalue weighted by Gasteiger charge is 2.42. The van der Waals surface area contributed by atoms with Gasteiger partial charge in [-0.25, -0.2) is 0 Å². The number of para-hydroxylation sites is 1. The van der Waals surface area contributed by atoms with E-state index in [4.69, 9.17) is 5.73 Å². The van der Waals surface area contributed by atoms with Gasteiger partial charge in [0, 0.05) is 24.2 Å². The van der Waals surface area contributed by atoms with Crippen LogP contribution in [0.15, 0.2) is 24.3 Å². The van der Waals surface area contributed by atoms with Crippen LogP contribution in [0.5, 0.6) is 0 Å². The second-order valence-corrected chi connectivity index (χ2v) is 5.00. The second kappa shape index (κ2) is 4.46. The molecule has 0 atom stereocenters. The third kappa shape index (κ3) is 2.22.